The summed E-state index contributed by atoms with van der Waals surface area (Å²) < 4.78 is 0. The average Bonchev–Trinajstić information content (AvgIpc) is 2.35. The highest BCUT2D eigenvalue weighted by Gasteiger charge is 2.21. The molecule has 1 unspecified atom stereocenters. The van der Waals surface area contributed by atoms with Gasteiger partial charge in [-0.1, -0.05) is 57.0 Å². The molecule has 0 saturated heterocycles. The predicted molar refractivity (Wildman–Crippen MR) is 64.5 cm³/mol. The van der Waals surface area contributed by atoms with Gasteiger partial charge in [0.05, 0.1) is 0 Å². The van der Waals surface area contributed by atoms with E-state index in [9.17, 15) is 9.59 Å². The summed E-state index contributed by atoms with van der Waals surface area (Å²) in [6.07, 6.45) is 2.85. The minimum absolute atomic E-state index is 0.160. The van der Waals surface area contributed by atoms with Gasteiger partial charge in [-0.05, 0) is 6.42 Å². The molecule has 0 N–H and O–H groups in total. The molecular weight excluding hydrogens is 200 g/mol. The first-order valence-electron chi connectivity index (χ1n) is 5.80. The van der Waals surface area contributed by atoms with Crippen LogP contribution in [0.3, 0.4) is 0 Å². The fourth-order valence-electron chi connectivity index (χ4n) is 1.60. The van der Waals surface area contributed by atoms with E-state index in [0.717, 1.165) is 19.3 Å². The van der Waals surface area contributed by atoms with E-state index in [1.165, 1.54) is 0 Å². The standard InChI is InChI=1S/C14H18O2/c1-3-4-8-11(2)13(15)14(16)12-9-6-5-7-10-12/h5-7,9-11H,3-4,8H2,1-2H3. The molecule has 16 heavy (non-hydrogen) atoms. The van der Waals surface area contributed by atoms with Crippen LogP contribution in [0.2, 0.25) is 0 Å². The summed E-state index contributed by atoms with van der Waals surface area (Å²) in [5.74, 6) is -0.781. The molecule has 0 aliphatic carbocycles. The Morgan fingerprint density at radius 2 is 1.81 bits per heavy atom. The van der Waals surface area contributed by atoms with Crippen LogP contribution in [-0.2, 0) is 4.79 Å². The lowest BCUT2D eigenvalue weighted by molar-refractivity contribution is -0.118. The maximum absolute atomic E-state index is 11.8. The van der Waals surface area contributed by atoms with E-state index < -0.39 is 0 Å². The van der Waals surface area contributed by atoms with Crippen molar-refractivity contribution in [2.75, 3.05) is 0 Å². The third-order valence-electron chi connectivity index (χ3n) is 2.70. The van der Waals surface area contributed by atoms with Crippen LogP contribution in [0.25, 0.3) is 0 Å². The summed E-state index contributed by atoms with van der Waals surface area (Å²) >= 11 is 0. The van der Waals surface area contributed by atoms with Gasteiger partial charge in [0.15, 0.2) is 0 Å². The smallest absolute Gasteiger partial charge is 0.228 e. The average molecular weight is 218 g/mol. The number of Topliss-reactive ketones (excluding diaryl/α,β-unsaturated/α-hetero) is 2. The number of unbranched alkanes of at least 4 members (excludes halogenated alkanes) is 1. The predicted octanol–water partition coefficient (Wildman–Crippen LogP) is 3.26. The summed E-state index contributed by atoms with van der Waals surface area (Å²) in [5, 5.41) is 0. The number of carbonyl (C=O) groups is 2. The second-order valence-electron chi connectivity index (χ2n) is 4.10. The molecule has 0 aliphatic rings. The van der Waals surface area contributed by atoms with Gasteiger partial charge in [-0.2, -0.15) is 0 Å². The Labute approximate surface area is 96.7 Å². The van der Waals surface area contributed by atoms with Gasteiger partial charge < -0.3 is 0 Å². The highest BCUT2D eigenvalue weighted by molar-refractivity contribution is 6.44. The van der Waals surface area contributed by atoms with Gasteiger partial charge in [0.2, 0.25) is 11.6 Å². The molecule has 0 aromatic heterocycles. The lowest BCUT2D eigenvalue weighted by Crippen LogP contribution is -2.21. The number of ketones is 2. The van der Waals surface area contributed by atoms with Crippen molar-refractivity contribution in [3.8, 4) is 0 Å². The van der Waals surface area contributed by atoms with Crippen LogP contribution in [0, 0.1) is 5.92 Å². The molecule has 0 spiro atoms. The van der Waals surface area contributed by atoms with Gasteiger partial charge >= 0.3 is 0 Å². The molecule has 2 heteroatoms. The largest absolute Gasteiger partial charge is 0.290 e. The summed E-state index contributed by atoms with van der Waals surface area (Å²) in [6, 6.07) is 8.76. The minimum Gasteiger partial charge on any atom is -0.290 e. The van der Waals surface area contributed by atoms with Crippen molar-refractivity contribution in [2.45, 2.75) is 33.1 Å². The monoisotopic (exact) mass is 218 g/mol. The van der Waals surface area contributed by atoms with Gasteiger partial charge in [0, 0.05) is 11.5 Å². The van der Waals surface area contributed by atoms with Crippen LogP contribution < -0.4 is 0 Å². The Morgan fingerprint density at radius 3 is 2.38 bits per heavy atom. The highest BCUT2D eigenvalue weighted by atomic mass is 16.2. The summed E-state index contributed by atoms with van der Waals surface area (Å²) in [7, 11) is 0. The molecule has 0 amide bonds. The van der Waals surface area contributed by atoms with E-state index in [1.807, 2.05) is 13.0 Å². The Bertz CT molecular complexity index is 354. The summed E-state index contributed by atoms with van der Waals surface area (Å²) in [6.45, 7) is 3.91. The first-order valence-corrected chi connectivity index (χ1v) is 5.80. The Balaban J connectivity index is 2.64. The lowest BCUT2D eigenvalue weighted by Gasteiger charge is -2.08. The van der Waals surface area contributed by atoms with Crippen LogP contribution in [0.5, 0.6) is 0 Å². The van der Waals surface area contributed by atoms with Gasteiger partial charge in [-0.15, -0.1) is 0 Å². The Morgan fingerprint density at radius 1 is 1.19 bits per heavy atom. The zero-order valence-corrected chi connectivity index (χ0v) is 9.90. The molecule has 0 aliphatic heterocycles. The molecule has 0 radical (unpaired) electrons. The van der Waals surface area contributed by atoms with Crippen molar-refractivity contribution in [3.05, 3.63) is 35.9 Å². The van der Waals surface area contributed by atoms with Gasteiger partial charge in [0.1, 0.15) is 0 Å². The van der Waals surface area contributed by atoms with E-state index >= 15 is 0 Å². The maximum atomic E-state index is 11.8. The van der Waals surface area contributed by atoms with Crippen LogP contribution in [-0.4, -0.2) is 11.6 Å². The zero-order chi connectivity index (χ0) is 12.0. The minimum atomic E-state index is -0.357. The van der Waals surface area contributed by atoms with Crippen LogP contribution in [0.4, 0.5) is 0 Å². The molecule has 1 rings (SSSR count). The number of hydrogen-bond donors (Lipinski definition) is 0. The Hall–Kier alpha value is -1.44. The van der Waals surface area contributed by atoms with Gasteiger partial charge in [-0.25, -0.2) is 0 Å². The van der Waals surface area contributed by atoms with Crippen molar-refractivity contribution >= 4 is 11.6 Å². The van der Waals surface area contributed by atoms with E-state index in [2.05, 4.69) is 6.92 Å². The van der Waals surface area contributed by atoms with Crippen LogP contribution in [0.1, 0.15) is 43.5 Å². The zero-order valence-electron chi connectivity index (χ0n) is 9.90. The third-order valence-corrected chi connectivity index (χ3v) is 2.70. The first kappa shape index (κ1) is 12.6. The molecule has 1 aromatic rings. The lowest BCUT2D eigenvalue weighted by atomic mass is 9.94. The molecule has 1 atom stereocenters. The summed E-state index contributed by atoms with van der Waals surface area (Å²) in [4.78, 5) is 23.6. The molecular formula is C14H18O2. The van der Waals surface area contributed by atoms with Gasteiger partial charge in [-0.3, -0.25) is 9.59 Å². The fourth-order valence-corrected chi connectivity index (χ4v) is 1.60. The molecule has 2 nitrogen and oxygen atoms in total. The SMILES string of the molecule is CCCCC(C)C(=O)C(=O)c1ccccc1. The van der Waals surface area contributed by atoms with Crippen molar-refractivity contribution in [1.29, 1.82) is 0 Å². The van der Waals surface area contributed by atoms with Crippen LogP contribution in [0.15, 0.2) is 30.3 Å². The van der Waals surface area contributed by atoms with Gasteiger partial charge in [0.25, 0.3) is 0 Å². The fraction of sp³-hybridized carbons (Fsp3) is 0.429. The normalized spacial score (nSPS) is 12.1. The van der Waals surface area contributed by atoms with E-state index in [4.69, 9.17) is 0 Å². The second kappa shape index (κ2) is 6.21. The molecule has 0 fully saturated rings. The second-order valence-corrected chi connectivity index (χ2v) is 4.10. The van der Waals surface area contributed by atoms with E-state index in [0.29, 0.717) is 5.56 Å². The number of hydrogen-bond acceptors (Lipinski definition) is 2. The van der Waals surface area contributed by atoms with E-state index in [1.54, 1.807) is 24.3 Å². The van der Waals surface area contributed by atoms with Crippen LogP contribution >= 0.6 is 0 Å². The molecule has 0 heterocycles. The van der Waals surface area contributed by atoms with Crippen molar-refractivity contribution < 1.29 is 9.59 Å². The van der Waals surface area contributed by atoms with Crippen molar-refractivity contribution in [3.63, 3.8) is 0 Å². The number of rotatable bonds is 6. The van der Waals surface area contributed by atoms with Crippen molar-refractivity contribution in [2.24, 2.45) is 5.92 Å². The molecule has 1 aromatic carbocycles. The third kappa shape index (κ3) is 3.30. The maximum Gasteiger partial charge on any atom is 0.228 e. The first-order chi connectivity index (χ1) is 7.66. The van der Waals surface area contributed by atoms with Crippen molar-refractivity contribution in [1.82, 2.24) is 0 Å². The number of benzene rings is 1. The summed E-state index contributed by atoms with van der Waals surface area (Å²) in [5.41, 5.74) is 0.496. The Kier molecular flexibility index (Phi) is 4.90. The highest BCUT2D eigenvalue weighted by Crippen LogP contribution is 2.12. The molecule has 0 saturated carbocycles. The number of carbonyl (C=O) groups excluding carboxylic acids is 2. The molecule has 86 valence electrons. The van der Waals surface area contributed by atoms with E-state index in [-0.39, 0.29) is 17.5 Å². The topological polar surface area (TPSA) is 34.1 Å². The quantitative estimate of drug-likeness (QED) is 0.542. The molecule has 0 bridgehead atoms.